The summed E-state index contributed by atoms with van der Waals surface area (Å²) in [6, 6.07) is 8.58. The Hall–Kier alpha value is -0.550. The molecule has 3 nitrogen and oxygen atoms in total. The van der Waals surface area contributed by atoms with E-state index < -0.39 is 0 Å². The predicted molar refractivity (Wildman–Crippen MR) is 72.3 cm³/mol. The SMILES string of the molecule is CC(C)c1ccc(SNCCOCCO)cc1. The summed E-state index contributed by atoms with van der Waals surface area (Å²) in [5.41, 5.74) is 1.36. The Balaban J connectivity index is 2.19. The Morgan fingerprint density at radius 3 is 2.53 bits per heavy atom. The molecule has 0 atom stereocenters. The van der Waals surface area contributed by atoms with Gasteiger partial charge in [0.15, 0.2) is 0 Å². The molecule has 1 aromatic rings. The number of rotatable bonds is 8. The Kier molecular flexibility index (Phi) is 7.28. The molecule has 0 heterocycles. The number of benzene rings is 1. The Morgan fingerprint density at radius 2 is 1.94 bits per heavy atom. The summed E-state index contributed by atoms with van der Waals surface area (Å²) in [6.45, 7) is 6.28. The summed E-state index contributed by atoms with van der Waals surface area (Å²) >= 11 is 1.61. The summed E-state index contributed by atoms with van der Waals surface area (Å²) in [5.74, 6) is 0.578. The van der Waals surface area contributed by atoms with E-state index in [0.717, 1.165) is 6.54 Å². The molecule has 0 spiro atoms. The fourth-order valence-corrected chi connectivity index (χ4v) is 1.96. The molecule has 4 heteroatoms. The minimum Gasteiger partial charge on any atom is -0.394 e. The first-order chi connectivity index (χ1) is 8.24. The molecule has 0 unspecified atom stereocenters. The summed E-state index contributed by atoms with van der Waals surface area (Å²) < 4.78 is 8.36. The third-order valence-electron chi connectivity index (χ3n) is 2.32. The largest absolute Gasteiger partial charge is 0.394 e. The molecule has 0 aliphatic carbocycles. The lowest BCUT2D eigenvalue weighted by Gasteiger charge is -2.07. The van der Waals surface area contributed by atoms with Gasteiger partial charge in [-0.25, -0.2) is 0 Å². The maximum atomic E-state index is 8.52. The quantitative estimate of drug-likeness (QED) is 0.553. The maximum absolute atomic E-state index is 8.52. The molecule has 0 aromatic heterocycles. The first-order valence-electron chi connectivity index (χ1n) is 5.92. The fraction of sp³-hybridized carbons (Fsp3) is 0.538. The van der Waals surface area contributed by atoms with E-state index in [1.165, 1.54) is 10.5 Å². The first-order valence-corrected chi connectivity index (χ1v) is 6.74. The number of hydrogen-bond acceptors (Lipinski definition) is 4. The molecule has 2 N–H and O–H groups in total. The van der Waals surface area contributed by atoms with Gasteiger partial charge < -0.3 is 9.84 Å². The van der Waals surface area contributed by atoms with Crippen LogP contribution in [0.5, 0.6) is 0 Å². The Morgan fingerprint density at radius 1 is 1.24 bits per heavy atom. The molecule has 0 radical (unpaired) electrons. The Labute approximate surface area is 108 Å². The van der Waals surface area contributed by atoms with E-state index in [2.05, 4.69) is 42.8 Å². The molecule has 0 saturated carbocycles. The molecule has 1 aromatic carbocycles. The van der Waals surface area contributed by atoms with Gasteiger partial charge in [0.2, 0.25) is 0 Å². The van der Waals surface area contributed by atoms with Crippen LogP contribution in [-0.4, -0.2) is 31.5 Å². The smallest absolute Gasteiger partial charge is 0.0698 e. The van der Waals surface area contributed by atoms with Crippen molar-refractivity contribution in [2.45, 2.75) is 24.7 Å². The highest BCUT2D eigenvalue weighted by Crippen LogP contribution is 2.19. The molecule has 0 aliphatic heterocycles. The van der Waals surface area contributed by atoms with Gasteiger partial charge in [-0.2, -0.15) is 0 Å². The average Bonchev–Trinajstić information content (AvgIpc) is 2.34. The summed E-state index contributed by atoms with van der Waals surface area (Å²) in [7, 11) is 0. The van der Waals surface area contributed by atoms with E-state index in [0.29, 0.717) is 19.1 Å². The Bertz CT molecular complexity index is 301. The van der Waals surface area contributed by atoms with Gasteiger partial charge in [0.1, 0.15) is 0 Å². The molecule has 0 bridgehead atoms. The number of ether oxygens (including phenoxy) is 1. The number of nitrogens with one attached hydrogen (secondary N) is 1. The molecular formula is C13H21NO2S. The van der Waals surface area contributed by atoms with Crippen molar-refractivity contribution in [1.29, 1.82) is 0 Å². The minimum atomic E-state index is 0.0871. The van der Waals surface area contributed by atoms with Gasteiger partial charge in [-0.15, -0.1) is 0 Å². The second-order valence-corrected chi connectivity index (χ2v) is 5.02. The van der Waals surface area contributed by atoms with Gasteiger partial charge in [-0.05, 0) is 35.6 Å². The number of aliphatic hydroxyl groups excluding tert-OH is 1. The van der Waals surface area contributed by atoms with Gasteiger partial charge in [-0.1, -0.05) is 26.0 Å². The topological polar surface area (TPSA) is 41.5 Å². The second-order valence-electron chi connectivity index (χ2n) is 4.06. The van der Waals surface area contributed by atoms with Crippen molar-refractivity contribution < 1.29 is 9.84 Å². The van der Waals surface area contributed by atoms with Crippen LogP contribution in [0, 0.1) is 0 Å². The maximum Gasteiger partial charge on any atom is 0.0698 e. The highest BCUT2D eigenvalue weighted by Gasteiger charge is 1.99. The fourth-order valence-electron chi connectivity index (χ4n) is 1.34. The minimum absolute atomic E-state index is 0.0871. The summed E-state index contributed by atoms with van der Waals surface area (Å²) in [6.07, 6.45) is 0. The van der Waals surface area contributed by atoms with Crippen LogP contribution in [0.15, 0.2) is 29.2 Å². The standard InChI is InChI=1S/C13H21NO2S/c1-11(2)12-3-5-13(6-4-12)17-14-7-9-16-10-8-15/h3-6,11,14-15H,7-10H2,1-2H3. The first kappa shape index (κ1) is 14.5. The molecular weight excluding hydrogens is 234 g/mol. The lowest BCUT2D eigenvalue weighted by Crippen LogP contribution is -2.13. The van der Waals surface area contributed by atoms with Crippen LogP contribution < -0.4 is 4.72 Å². The van der Waals surface area contributed by atoms with E-state index in [1.807, 2.05) is 0 Å². The number of aliphatic hydroxyl groups is 1. The van der Waals surface area contributed by atoms with Gasteiger partial charge in [0, 0.05) is 11.4 Å². The monoisotopic (exact) mass is 255 g/mol. The third-order valence-corrected chi connectivity index (χ3v) is 3.18. The van der Waals surface area contributed by atoms with E-state index >= 15 is 0 Å². The van der Waals surface area contributed by atoms with E-state index in [-0.39, 0.29) is 6.61 Å². The van der Waals surface area contributed by atoms with Gasteiger partial charge in [0.05, 0.1) is 19.8 Å². The van der Waals surface area contributed by atoms with Crippen molar-refractivity contribution in [3.63, 3.8) is 0 Å². The van der Waals surface area contributed by atoms with Crippen molar-refractivity contribution in [2.24, 2.45) is 0 Å². The second kappa shape index (κ2) is 8.53. The third kappa shape index (κ3) is 6.07. The summed E-state index contributed by atoms with van der Waals surface area (Å²) in [4.78, 5) is 1.21. The molecule has 0 aliphatic rings. The highest BCUT2D eigenvalue weighted by atomic mass is 32.2. The normalized spacial score (nSPS) is 11.1. The zero-order valence-corrected chi connectivity index (χ0v) is 11.3. The van der Waals surface area contributed by atoms with Crippen molar-refractivity contribution >= 4 is 11.9 Å². The molecule has 0 amide bonds. The predicted octanol–water partition coefficient (Wildman–Crippen LogP) is 2.42. The van der Waals surface area contributed by atoms with Crippen LogP contribution in [0.1, 0.15) is 25.3 Å². The van der Waals surface area contributed by atoms with Gasteiger partial charge in [-0.3, -0.25) is 4.72 Å². The average molecular weight is 255 g/mol. The molecule has 1 rings (SSSR count). The lowest BCUT2D eigenvalue weighted by molar-refractivity contribution is 0.0964. The highest BCUT2D eigenvalue weighted by molar-refractivity contribution is 7.97. The van der Waals surface area contributed by atoms with Crippen molar-refractivity contribution in [1.82, 2.24) is 4.72 Å². The van der Waals surface area contributed by atoms with Crippen LogP contribution in [-0.2, 0) is 4.74 Å². The van der Waals surface area contributed by atoms with Crippen molar-refractivity contribution in [3.05, 3.63) is 29.8 Å². The van der Waals surface area contributed by atoms with Crippen LogP contribution in [0.3, 0.4) is 0 Å². The number of hydrogen-bond donors (Lipinski definition) is 2. The van der Waals surface area contributed by atoms with E-state index in [1.54, 1.807) is 11.9 Å². The van der Waals surface area contributed by atoms with Gasteiger partial charge >= 0.3 is 0 Å². The van der Waals surface area contributed by atoms with Crippen molar-refractivity contribution in [2.75, 3.05) is 26.4 Å². The lowest BCUT2D eigenvalue weighted by atomic mass is 10.0. The molecule has 96 valence electrons. The molecule has 0 saturated heterocycles. The zero-order chi connectivity index (χ0) is 12.5. The van der Waals surface area contributed by atoms with Crippen molar-refractivity contribution in [3.8, 4) is 0 Å². The van der Waals surface area contributed by atoms with Crippen LogP contribution in [0.25, 0.3) is 0 Å². The molecule has 17 heavy (non-hydrogen) atoms. The van der Waals surface area contributed by atoms with E-state index in [9.17, 15) is 0 Å². The van der Waals surface area contributed by atoms with E-state index in [4.69, 9.17) is 9.84 Å². The molecule has 0 fully saturated rings. The van der Waals surface area contributed by atoms with Crippen LogP contribution in [0.2, 0.25) is 0 Å². The van der Waals surface area contributed by atoms with Crippen LogP contribution >= 0.6 is 11.9 Å². The zero-order valence-electron chi connectivity index (χ0n) is 10.5. The summed E-state index contributed by atoms with van der Waals surface area (Å²) in [5, 5.41) is 8.52. The van der Waals surface area contributed by atoms with Crippen LogP contribution in [0.4, 0.5) is 0 Å². The van der Waals surface area contributed by atoms with Gasteiger partial charge in [0.25, 0.3) is 0 Å².